The second-order valence-electron chi connectivity index (χ2n) is 6.34. The highest BCUT2D eigenvalue weighted by atomic mass is 35.5. The second kappa shape index (κ2) is 6.80. The maximum atomic E-state index is 12.1. The molecule has 1 aromatic rings. The van der Waals surface area contributed by atoms with Crippen molar-refractivity contribution < 1.29 is 4.79 Å². The molecule has 114 valence electrons. The Morgan fingerprint density at radius 1 is 1.29 bits per heavy atom. The number of carbonyl (C=O) groups is 1. The van der Waals surface area contributed by atoms with Crippen LogP contribution in [0, 0.1) is 5.92 Å². The van der Waals surface area contributed by atoms with E-state index in [9.17, 15) is 4.79 Å². The Labute approximate surface area is 131 Å². The van der Waals surface area contributed by atoms with Gasteiger partial charge in [-0.3, -0.25) is 9.69 Å². The first-order chi connectivity index (χ1) is 10.2. The number of likely N-dealkylation sites (tertiary alicyclic amines) is 1. The van der Waals surface area contributed by atoms with Crippen molar-refractivity contribution >= 4 is 17.5 Å². The van der Waals surface area contributed by atoms with Crippen molar-refractivity contribution in [2.45, 2.75) is 44.7 Å². The lowest BCUT2D eigenvalue weighted by atomic mass is 9.84. The van der Waals surface area contributed by atoms with Gasteiger partial charge in [0.15, 0.2) is 0 Å². The predicted octanol–water partition coefficient (Wildman–Crippen LogP) is 3.22. The summed E-state index contributed by atoms with van der Waals surface area (Å²) in [5, 5.41) is 4.03. The number of rotatable bonds is 4. The molecular formula is C17H23ClN2O. The van der Waals surface area contributed by atoms with Gasteiger partial charge in [0.1, 0.15) is 0 Å². The molecule has 2 aliphatic rings. The lowest BCUT2D eigenvalue weighted by Crippen LogP contribution is -2.49. The maximum absolute atomic E-state index is 12.1. The van der Waals surface area contributed by atoms with Gasteiger partial charge in [0.25, 0.3) is 0 Å². The first-order valence-electron chi connectivity index (χ1n) is 7.98. The fourth-order valence-corrected chi connectivity index (χ4v) is 3.41. The molecule has 1 amide bonds. The van der Waals surface area contributed by atoms with Gasteiger partial charge in [-0.25, -0.2) is 0 Å². The molecule has 0 bridgehead atoms. The highest BCUT2D eigenvalue weighted by molar-refractivity contribution is 6.30. The van der Waals surface area contributed by atoms with Gasteiger partial charge in [-0.1, -0.05) is 30.2 Å². The largest absolute Gasteiger partial charge is 0.352 e. The van der Waals surface area contributed by atoms with Crippen LogP contribution in [0.4, 0.5) is 0 Å². The lowest BCUT2D eigenvalue weighted by molar-refractivity contribution is -0.128. The molecule has 1 saturated heterocycles. The smallest absolute Gasteiger partial charge is 0.223 e. The zero-order chi connectivity index (χ0) is 14.7. The summed E-state index contributed by atoms with van der Waals surface area (Å²) >= 11 is 6.04. The van der Waals surface area contributed by atoms with E-state index in [1.54, 1.807) is 0 Å². The van der Waals surface area contributed by atoms with Crippen molar-refractivity contribution in [1.82, 2.24) is 10.2 Å². The van der Waals surface area contributed by atoms with Gasteiger partial charge in [-0.15, -0.1) is 0 Å². The van der Waals surface area contributed by atoms with Crippen LogP contribution in [0.5, 0.6) is 0 Å². The van der Waals surface area contributed by atoms with Crippen LogP contribution in [0.1, 0.15) is 37.7 Å². The van der Waals surface area contributed by atoms with E-state index in [1.807, 2.05) is 18.2 Å². The minimum atomic E-state index is 0.274. The molecule has 2 fully saturated rings. The summed E-state index contributed by atoms with van der Waals surface area (Å²) in [5.41, 5.74) is 1.24. The fourth-order valence-electron chi connectivity index (χ4n) is 3.20. The van der Waals surface area contributed by atoms with Crippen LogP contribution in [0.3, 0.4) is 0 Å². The molecule has 4 heteroatoms. The zero-order valence-electron chi connectivity index (χ0n) is 12.4. The van der Waals surface area contributed by atoms with E-state index in [1.165, 1.54) is 12.0 Å². The number of halogens is 1. The van der Waals surface area contributed by atoms with Crippen LogP contribution < -0.4 is 5.32 Å². The Kier molecular flexibility index (Phi) is 4.81. The van der Waals surface area contributed by atoms with Crippen molar-refractivity contribution in [1.29, 1.82) is 0 Å². The molecule has 1 atom stereocenters. The van der Waals surface area contributed by atoms with Crippen LogP contribution in [-0.2, 0) is 11.3 Å². The first kappa shape index (κ1) is 14.9. The van der Waals surface area contributed by atoms with Gasteiger partial charge in [-0.05, 0) is 49.9 Å². The minimum absolute atomic E-state index is 0.274. The number of benzene rings is 1. The summed E-state index contributed by atoms with van der Waals surface area (Å²) in [4.78, 5) is 14.5. The molecule has 1 saturated carbocycles. The van der Waals surface area contributed by atoms with Crippen LogP contribution in [0.2, 0.25) is 5.02 Å². The van der Waals surface area contributed by atoms with E-state index in [4.69, 9.17) is 11.6 Å². The molecule has 1 aromatic carbocycles. The van der Waals surface area contributed by atoms with E-state index in [2.05, 4.69) is 16.3 Å². The third-order valence-corrected chi connectivity index (χ3v) is 4.86. The van der Waals surface area contributed by atoms with Crippen molar-refractivity contribution in [3.63, 3.8) is 0 Å². The van der Waals surface area contributed by atoms with Gasteiger partial charge in [-0.2, -0.15) is 0 Å². The van der Waals surface area contributed by atoms with E-state index in [0.29, 0.717) is 6.04 Å². The number of hydrogen-bond donors (Lipinski definition) is 1. The van der Waals surface area contributed by atoms with Crippen molar-refractivity contribution in [3.05, 3.63) is 34.9 Å². The summed E-state index contributed by atoms with van der Waals surface area (Å²) in [5.74, 6) is 0.559. The lowest BCUT2D eigenvalue weighted by Gasteiger charge is -2.35. The minimum Gasteiger partial charge on any atom is -0.352 e. The highest BCUT2D eigenvalue weighted by Gasteiger charge is 2.28. The van der Waals surface area contributed by atoms with Crippen LogP contribution >= 0.6 is 11.6 Å². The molecule has 1 aliphatic carbocycles. The molecule has 0 aromatic heterocycles. The quantitative estimate of drug-likeness (QED) is 0.926. The topological polar surface area (TPSA) is 32.3 Å². The van der Waals surface area contributed by atoms with Crippen LogP contribution in [-0.4, -0.2) is 29.9 Å². The fraction of sp³-hybridized carbons (Fsp3) is 0.588. The van der Waals surface area contributed by atoms with E-state index >= 15 is 0 Å². The number of hydrogen-bond acceptors (Lipinski definition) is 2. The van der Waals surface area contributed by atoms with E-state index < -0.39 is 0 Å². The first-order valence-corrected chi connectivity index (χ1v) is 8.36. The summed E-state index contributed by atoms with van der Waals surface area (Å²) in [7, 11) is 0. The number of piperidine rings is 1. The SMILES string of the molecule is O=C(NC1CCCN(Cc2cccc(Cl)c2)C1)C1CCC1. The molecular weight excluding hydrogens is 284 g/mol. The third kappa shape index (κ3) is 3.98. The third-order valence-electron chi connectivity index (χ3n) is 4.62. The highest BCUT2D eigenvalue weighted by Crippen LogP contribution is 2.26. The molecule has 1 N–H and O–H groups in total. The average Bonchev–Trinajstić information content (AvgIpc) is 2.36. The van der Waals surface area contributed by atoms with Crippen LogP contribution in [0.25, 0.3) is 0 Å². The molecule has 3 nitrogen and oxygen atoms in total. The molecule has 1 unspecified atom stereocenters. The summed E-state index contributed by atoms with van der Waals surface area (Å²) in [6.07, 6.45) is 5.61. The Hall–Kier alpha value is -1.06. The van der Waals surface area contributed by atoms with Crippen molar-refractivity contribution in [2.75, 3.05) is 13.1 Å². The van der Waals surface area contributed by atoms with E-state index in [-0.39, 0.29) is 11.8 Å². The predicted molar refractivity (Wildman–Crippen MR) is 85.2 cm³/mol. The zero-order valence-corrected chi connectivity index (χ0v) is 13.1. The Morgan fingerprint density at radius 3 is 2.86 bits per heavy atom. The van der Waals surface area contributed by atoms with Gasteiger partial charge >= 0.3 is 0 Å². The molecule has 0 spiro atoms. The standard InChI is InChI=1S/C17H23ClN2O/c18-15-7-1-4-13(10-15)11-20-9-3-8-16(12-20)19-17(21)14-5-2-6-14/h1,4,7,10,14,16H,2-3,5-6,8-9,11-12H2,(H,19,21). The van der Waals surface area contributed by atoms with Gasteiger partial charge < -0.3 is 5.32 Å². The van der Waals surface area contributed by atoms with Crippen LogP contribution in [0.15, 0.2) is 24.3 Å². The van der Waals surface area contributed by atoms with Gasteiger partial charge in [0.05, 0.1) is 0 Å². The molecule has 1 aliphatic heterocycles. The summed E-state index contributed by atoms with van der Waals surface area (Å²) in [6, 6.07) is 8.35. The number of nitrogens with one attached hydrogen (secondary N) is 1. The van der Waals surface area contributed by atoms with Gasteiger partial charge in [0, 0.05) is 30.1 Å². The normalized spacial score (nSPS) is 23.6. The van der Waals surface area contributed by atoms with Crippen molar-refractivity contribution in [2.24, 2.45) is 5.92 Å². The molecule has 0 radical (unpaired) electrons. The van der Waals surface area contributed by atoms with Gasteiger partial charge in [0.2, 0.25) is 5.91 Å². The molecule has 1 heterocycles. The van der Waals surface area contributed by atoms with E-state index in [0.717, 1.165) is 50.3 Å². The second-order valence-corrected chi connectivity index (χ2v) is 6.78. The summed E-state index contributed by atoms with van der Waals surface area (Å²) < 4.78 is 0. The Balaban J connectivity index is 1.51. The van der Waals surface area contributed by atoms with Crippen molar-refractivity contribution in [3.8, 4) is 0 Å². The number of nitrogens with zero attached hydrogens (tertiary/aromatic N) is 1. The number of amides is 1. The average molecular weight is 307 g/mol. The number of carbonyl (C=O) groups excluding carboxylic acids is 1. The summed E-state index contributed by atoms with van der Waals surface area (Å²) in [6.45, 7) is 2.96. The Bertz CT molecular complexity index is 501. The molecule has 3 rings (SSSR count). The maximum Gasteiger partial charge on any atom is 0.223 e. The monoisotopic (exact) mass is 306 g/mol. The Morgan fingerprint density at radius 2 is 2.14 bits per heavy atom. The molecule has 21 heavy (non-hydrogen) atoms.